The maximum Gasteiger partial charge on any atom is 0.415 e. The quantitative estimate of drug-likeness (QED) is 0.337. The molecule has 7 heteroatoms. The first-order valence-corrected chi connectivity index (χ1v) is 11.2. The van der Waals surface area contributed by atoms with E-state index >= 15 is 4.39 Å². The number of anilines is 1. The van der Waals surface area contributed by atoms with Gasteiger partial charge in [0.25, 0.3) is 0 Å². The first-order valence-electron chi connectivity index (χ1n) is 10.3. The fraction of sp³-hybridized carbons (Fsp3) is 0.280. The summed E-state index contributed by atoms with van der Waals surface area (Å²) in [6.07, 6.45) is -2.04. The molecule has 0 spiro atoms. The molecular weight excluding hydrogens is 425 g/mol. The lowest BCUT2D eigenvalue weighted by Gasteiger charge is -2.33. The van der Waals surface area contributed by atoms with E-state index in [-0.39, 0.29) is 0 Å². The van der Waals surface area contributed by atoms with Crippen LogP contribution < -0.4 is 10.6 Å². The number of thiophene rings is 1. The Hall–Kier alpha value is -3.19. The molecule has 2 aromatic carbocycles. The first kappa shape index (κ1) is 23.5. The van der Waals surface area contributed by atoms with Crippen molar-refractivity contribution in [1.29, 1.82) is 0 Å². The molecule has 3 aromatic rings. The molecule has 0 aliphatic heterocycles. The number of rotatable bonds is 6. The van der Waals surface area contributed by atoms with E-state index in [1.807, 2.05) is 23.6 Å². The Kier molecular flexibility index (Phi) is 7.30. The van der Waals surface area contributed by atoms with Gasteiger partial charge >= 0.3 is 6.09 Å². The predicted molar refractivity (Wildman–Crippen MR) is 130 cm³/mol. The summed E-state index contributed by atoms with van der Waals surface area (Å²) < 4.78 is 21.1. The summed E-state index contributed by atoms with van der Waals surface area (Å²) in [5.41, 5.74) is 6.92. The lowest BCUT2D eigenvalue weighted by Crippen LogP contribution is -2.44. The maximum atomic E-state index is 15.5. The zero-order valence-corrected chi connectivity index (χ0v) is 19.5. The van der Waals surface area contributed by atoms with Crippen molar-refractivity contribution in [3.8, 4) is 0 Å². The number of nitrogens with two attached hydrogens (primary N) is 1. The molecule has 1 heterocycles. The van der Waals surface area contributed by atoms with Gasteiger partial charge in [-0.25, -0.2) is 14.2 Å². The number of benzene rings is 2. The molecule has 0 saturated carbocycles. The fourth-order valence-corrected chi connectivity index (χ4v) is 3.82. The third kappa shape index (κ3) is 5.95. The van der Waals surface area contributed by atoms with E-state index in [1.165, 1.54) is 16.2 Å². The topological polar surface area (TPSA) is 67.9 Å². The van der Waals surface area contributed by atoms with Gasteiger partial charge in [-0.15, -0.1) is 11.3 Å². The van der Waals surface area contributed by atoms with Crippen LogP contribution in [0.4, 0.5) is 20.6 Å². The molecule has 0 radical (unpaired) electrons. The summed E-state index contributed by atoms with van der Waals surface area (Å²) in [6, 6.07) is 18.7. The van der Waals surface area contributed by atoms with E-state index in [9.17, 15) is 4.79 Å². The molecule has 0 aliphatic rings. The van der Waals surface area contributed by atoms with Crippen LogP contribution in [0.1, 0.15) is 44.3 Å². The number of amidine groups is 1. The summed E-state index contributed by atoms with van der Waals surface area (Å²) in [4.78, 5) is 19.8. The van der Waals surface area contributed by atoms with E-state index in [0.29, 0.717) is 22.8 Å². The standard InChI is InChI=1S/C25H28FN3O2S/c1-17(22(26)18-10-6-5-7-11-18)29(24(30)31-25(2,3)4)20-13-8-12-19(16-20)28-23(27)21-14-9-15-32-21/h5-17,22H,1-4H3,(H2,27,28)/t17-,22+/m1/s1. The second kappa shape index (κ2) is 9.96. The zero-order chi connectivity index (χ0) is 23.3. The lowest BCUT2D eigenvalue weighted by molar-refractivity contribution is 0.0550. The van der Waals surface area contributed by atoms with Gasteiger partial charge in [0.2, 0.25) is 0 Å². The van der Waals surface area contributed by atoms with Crippen LogP contribution in [0.2, 0.25) is 0 Å². The average Bonchev–Trinajstić information content (AvgIpc) is 3.28. The van der Waals surface area contributed by atoms with Gasteiger partial charge in [-0.3, -0.25) is 4.90 Å². The molecule has 2 N–H and O–H groups in total. The SMILES string of the molecule is C[C@H]([C@H](F)c1ccccc1)N(C(=O)OC(C)(C)C)c1cccc(N=C(N)c2cccs2)c1. The molecular formula is C25H28FN3O2S. The van der Waals surface area contributed by atoms with Crippen molar-refractivity contribution >= 4 is 34.6 Å². The summed E-state index contributed by atoms with van der Waals surface area (Å²) >= 11 is 1.49. The number of hydrogen-bond donors (Lipinski definition) is 1. The highest BCUT2D eigenvalue weighted by molar-refractivity contribution is 7.12. The Morgan fingerprint density at radius 3 is 2.44 bits per heavy atom. The van der Waals surface area contributed by atoms with Gasteiger partial charge in [0.1, 0.15) is 17.6 Å². The van der Waals surface area contributed by atoms with Gasteiger partial charge in [0, 0.05) is 5.69 Å². The normalized spacial score (nSPS) is 14.0. The molecule has 2 atom stereocenters. The Morgan fingerprint density at radius 1 is 1.09 bits per heavy atom. The van der Waals surface area contributed by atoms with Gasteiger partial charge in [0.15, 0.2) is 0 Å². The van der Waals surface area contributed by atoms with E-state index in [2.05, 4.69) is 4.99 Å². The third-order valence-electron chi connectivity index (χ3n) is 4.67. The average molecular weight is 454 g/mol. The second-order valence-electron chi connectivity index (χ2n) is 8.40. The van der Waals surface area contributed by atoms with Gasteiger partial charge in [-0.2, -0.15) is 0 Å². The van der Waals surface area contributed by atoms with Crippen LogP contribution in [0, 0.1) is 0 Å². The minimum atomic E-state index is -1.41. The molecule has 0 bridgehead atoms. The highest BCUT2D eigenvalue weighted by Crippen LogP contribution is 2.32. The molecule has 0 fully saturated rings. The highest BCUT2D eigenvalue weighted by Gasteiger charge is 2.33. The van der Waals surface area contributed by atoms with Crippen molar-refractivity contribution < 1.29 is 13.9 Å². The Labute approximate surface area is 192 Å². The van der Waals surface area contributed by atoms with E-state index < -0.39 is 23.9 Å². The summed E-state index contributed by atoms with van der Waals surface area (Å²) in [6.45, 7) is 7.00. The van der Waals surface area contributed by atoms with Crippen molar-refractivity contribution in [2.75, 3.05) is 4.90 Å². The lowest BCUT2D eigenvalue weighted by atomic mass is 10.0. The fourth-order valence-electron chi connectivity index (χ4n) is 3.20. The minimum Gasteiger partial charge on any atom is -0.443 e. The number of ether oxygens (including phenoxy) is 1. The molecule has 1 amide bonds. The van der Waals surface area contributed by atoms with Gasteiger partial charge in [-0.1, -0.05) is 42.5 Å². The minimum absolute atomic E-state index is 0.377. The van der Waals surface area contributed by atoms with Gasteiger partial charge in [0.05, 0.1) is 16.6 Å². The number of alkyl halides is 1. The van der Waals surface area contributed by atoms with Crippen molar-refractivity contribution in [2.45, 2.75) is 45.5 Å². The molecule has 1 aromatic heterocycles. The Morgan fingerprint density at radius 2 is 1.81 bits per heavy atom. The third-order valence-corrected chi connectivity index (χ3v) is 5.56. The van der Waals surface area contributed by atoms with Crippen LogP contribution in [0.25, 0.3) is 0 Å². The Balaban J connectivity index is 1.98. The second-order valence-corrected chi connectivity index (χ2v) is 9.35. The van der Waals surface area contributed by atoms with E-state index in [0.717, 1.165) is 4.88 Å². The van der Waals surface area contributed by atoms with Crippen molar-refractivity contribution in [3.63, 3.8) is 0 Å². The van der Waals surface area contributed by atoms with Crippen molar-refractivity contribution in [3.05, 3.63) is 82.6 Å². The van der Waals surface area contributed by atoms with Gasteiger partial charge in [-0.05, 0) is 62.9 Å². The number of halogens is 1. The van der Waals surface area contributed by atoms with Crippen molar-refractivity contribution in [2.24, 2.45) is 10.7 Å². The number of nitrogens with zero attached hydrogens (tertiary/aromatic N) is 2. The maximum absolute atomic E-state index is 15.5. The number of aliphatic imine (C=N–C) groups is 1. The molecule has 0 aliphatic carbocycles. The smallest absolute Gasteiger partial charge is 0.415 e. The molecule has 0 saturated heterocycles. The first-order chi connectivity index (χ1) is 15.2. The number of carbonyl (C=O) groups excluding carboxylic acids is 1. The van der Waals surface area contributed by atoms with Crippen LogP contribution in [-0.4, -0.2) is 23.6 Å². The van der Waals surface area contributed by atoms with Crippen LogP contribution in [0.5, 0.6) is 0 Å². The molecule has 168 valence electrons. The van der Waals surface area contributed by atoms with Crippen molar-refractivity contribution in [1.82, 2.24) is 0 Å². The van der Waals surface area contributed by atoms with Crippen LogP contribution in [0.3, 0.4) is 0 Å². The highest BCUT2D eigenvalue weighted by atomic mass is 32.1. The van der Waals surface area contributed by atoms with Crippen LogP contribution in [0.15, 0.2) is 77.1 Å². The number of hydrogen-bond acceptors (Lipinski definition) is 4. The molecule has 5 nitrogen and oxygen atoms in total. The molecule has 3 rings (SSSR count). The van der Waals surface area contributed by atoms with Crippen LogP contribution in [-0.2, 0) is 4.74 Å². The summed E-state index contributed by atoms with van der Waals surface area (Å²) in [5.74, 6) is 0.377. The number of carbonyl (C=O) groups is 1. The summed E-state index contributed by atoms with van der Waals surface area (Å²) in [5, 5.41) is 1.92. The van der Waals surface area contributed by atoms with E-state index in [1.54, 1.807) is 76.2 Å². The molecule has 32 heavy (non-hydrogen) atoms. The Bertz CT molecular complexity index is 1060. The predicted octanol–water partition coefficient (Wildman–Crippen LogP) is 6.63. The monoisotopic (exact) mass is 453 g/mol. The molecule has 0 unspecified atom stereocenters. The number of amides is 1. The van der Waals surface area contributed by atoms with Gasteiger partial charge < -0.3 is 10.5 Å². The summed E-state index contributed by atoms with van der Waals surface area (Å²) in [7, 11) is 0. The van der Waals surface area contributed by atoms with E-state index in [4.69, 9.17) is 10.5 Å². The zero-order valence-electron chi connectivity index (χ0n) is 18.7. The van der Waals surface area contributed by atoms with Crippen LogP contribution >= 0.6 is 11.3 Å². The largest absolute Gasteiger partial charge is 0.443 e.